The largest absolute Gasteiger partial charge is 0.416 e. The maximum absolute atomic E-state index is 12.4. The normalized spacial score (nSPS) is 11.8. The van der Waals surface area contributed by atoms with Gasteiger partial charge < -0.3 is 0 Å². The number of aromatic nitrogens is 1. The Kier molecular flexibility index (Phi) is 3.43. The molecule has 0 atom stereocenters. The lowest BCUT2D eigenvalue weighted by Crippen LogP contribution is -2.03. The van der Waals surface area contributed by atoms with E-state index in [1.54, 1.807) is 0 Å². The Morgan fingerprint density at radius 1 is 1.17 bits per heavy atom. The number of halogens is 3. The highest BCUT2D eigenvalue weighted by molar-refractivity contribution is 7.15. The van der Waals surface area contributed by atoms with Crippen LogP contribution in [0.2, 0.25) is 0 Å². The van der Waals surface area contributed by atoms with Crippen molar-refractivity contribution in [2.75, 3.05) is 0 Å². The van der Waals surface area contributed by atoms with Crippen LogP contribution in [0.1, 0.15) is 23.1 Å². The molecule has 0 fully saturated rings. The summed E-state index contributed by atoms with van der Waals surface area (Å²) >= 11 is 1.53. The Morgan fingerprint density at radius 3 is 2.22 bits per heavy atom. The molecule has 2 aromatic rings. The fourth-order valence-corrected chi connectivity index (χ4v) is 2.69. The van der Waals surface area contributed by atoms with Gasteiger partial charge in [-0.25, -0.2) is 4.98 Å². The van der Waals surface area contributed by atoms with Gasteiger partial charge in [0.25, 0.3) is 0 Å². The molecule has 1 aromatic heterocycles. The molecule has 5 heteroatoms. The minimum atomic E-state index is -4.29. The van der Waals surface area contributed by atoms with Crippen LogP contribution < -0.4 is 0 Å². The Hall–Kier alpha value is -1.36. The lowest BCUT2D eigenvalue weighted by Gasteiger charge is -2.06. The average molecular weight is 271 g/mol. The van der Waals surface area contributed by atoms with E-state index in [1.165, 1.54) is 28.3 Å². The number of nitrogens with zero attached hydrogens (tertiary/aromatic N) is 1. The van der Waals surface area contributed by atoms with Gasteiger partial charge in [-0.1, -0.05) is 19.1 Å². The van der Waals surface area contributed by atoms with Gasteiger partial charge in [0.05, 0.1) is 11.3 Å². The summed E-state index contributed by atoms with van der Waals surface area (Å²) in [6, 6.07) is 5.14. The van der Waals surface area contributed by atoms with Crippen molar-refractivity contribution in [3.05, 3.63) is 40.4 Å². The number of alkyl halides is 3. The van der Waals surface area contributed by atoms with Gasteiger partial charge >= 0.3 is 6.18 Å². The van der Waals surface area contributed by atoms with Gasteiger partial charge in [-0.3, -0.25) is 0 Å². The number of hydrogen-bond donors (Lipinski definition) is 0. The van der Waals surface area contributed by atoms with Crippen LogP contribution in [-0.2, 0) is 12.6 Å². The Morgan fingerprint density at radius 2 is 1.78 bits per heavy atom. The lowest BCUT2D eigenvalue weighted by molar-refractivity contribution is -0.137. The third-order valence-electron chi connectivity index (χ3n) is 2.67. The van der Waals surface area contributed by atoms with Crippen molar-refractivity contribution in [2.45, 2.75) is 26.4 Å². The van der Waals surface area contributed by atoms with Gasteiger partial charge in [-0.15, -0.1) is 11.3 Å². The van der Waals surface area contributed by atoms with Gasteiger partial charge in [0.15, 0.2) is 0 Å². The predicted octanol–water partition coefficient (Wildman–Crippen LogP) is 4.70. The second-order valence-electron chi connectivity index (χ2n) is 3.96. The van der Waals surface area contributed by atoms with E-state index in [9.17, 15) is 13.2 Å². The topological polar surface area (TPSA) is 12.9 Å². The summed E-state index contributed by atoms with van der Waals surface area (Å²) in [6.45, 7) is 3.96. The highest BCUT2D eigenvalue weighted by atomic mass is 32.1. The zero-order valence-electron chi connectivity index (χ0n) is 10.0. The number of hydrogen-bond acceptors (Lipinski definition) is 2. The predicted molar refractivity (Wildman–Crippen MR) is 66.7 cm³/mol. The van der Waals surface area contributed by atoms with Gasteiger partial charge in [0.1, 0.15) is 5.01 Å². The van der Waals surface area contributed by atoms with Crippen molar-refractivity contribution >= 4 is 11.3 Å². The highest BCUT2D eigenvalue weighted by Crippen LogP contribution is 2.32. The molecule has 0 radical (unpaired) electrons. The maximum atomic E-state index is 12.4. The van der Waals surface area contributed by atoms with E-state index in [0.29, 0.717) is 0 Å². The standard InChI is InChI=1S/C13H12F3NS/c1-3-11-8(2)17-12(18-11)9-4-6-10(7-5-9)13(14,15)16/h4-7H,3H2,1-2H3. The molecule has 0 amide bonds. The summed E-state index contributed by atoms with van der Waals surface area (Å²) in [4.78, 5) is 5.55. The molecule has 0 spiro atoms. The maximum Gasteiger partial charge on any atom is 0.416 e. The summed E-state index contributed by atoms with van der Waals surface area (Å²) in [5.41, 5.74) is 1.06. The average Bonchev–Trinajstić information content (AvgIpc) is 2.69. The number of benzene rings is 1. The first-order valence-electron chi connectivity index (χ1n) is 5.55. The monoisotopic (exact) mass is 271 g/mol. The Bertz CT molecular complexity index is 540. The SMILES string of the molecule is CCc1sc(-c2ccc(C(F)(F)F)cc2)nc1C. The van der Waals surface area contributed by atoms with Crippen LogP contribution in [0.3, 0.4) is 0 Å². The van der Waals surface area contributed by atoms with Crippen molar-refractivity contribution in [3.8, 4) is 10.6 Å². The molecule has 0 aliphatic carbocycles. The summed E-state index contributed by atoms with van der Waals surface area (Å²) in [7, 11) is 0. The van der Waals surface area contributed by atoms with Gasteiger partial charge in [-0.2, -0.15) is 13.2 Å². The van der Waals surface area contributed by atoms with Gasteiger partial charge in [0, 0.05) is 10.4 Å². The van der Waals surface area contributed by atoms with Crippen molar-refractivity contribution in [2.24, 2.45) is 0 Å². The number of rotatable bonds is 2. The van der Waals surface area contributed by atoms with E-state index in [-0.39, 0.29) is 0 Å². The highest BCUT2D eigenvalue weighted by Gasteiger charge is 2.30. The van der Waals surface area contributed by atoms with Crippen LogP contribution in [0.5, 0.6) is 0 Å². The molecule has 0 saturated heterocycles. The third kappa shape index (κ3) is 2.56. The third-order valence-corrected chi connectivity index (χ3v) is 4.02. The molecular formula is C13H12F3NS. The first kappa shape index (κ1) is 13.1. The van der Waals surface area contributed by atoms with E-state index in [0.717, 1.165) is 34.8 Å². The molecule has 0 saturated carbocycles. The van der Waals surface area contributed by atoms with Gasteiger partial charge in [-0.05, 0) is 25.5 Å². The molecule has 2 rings (SSSR count). The minimum Gasteiger partial charge on any atom is -0.241 e. The van der Waals surface area contributed by atoms with E-state index < -0.39 is 11.7 Å². The van der Waals surface area contributed by atoms with Crippen LogP contribution in [0.15, 0.2) is 24.3 Å². The van der Waals surface area contributed by atoms with Crippen LogP contribution in [-0.4, -0.2) is 4.98 Å². The fourth-order valence-electron chi connectivity index (χ4n) is 1.68. The first-order valence-corrected chi connectivity index (χ1v) is 6.37. The van der Waals surface area contributed by atoms with E-state index in [1.807, 2.05) is 13.8 Å². The molecule has 0 aliphatic rings. The second kappa shape index (κ2) is 4.72. The van der Waals surface area contributed by atoms with Crippen molar-refractivity contribution < 1.29 is 13.2 Å². The smallest absolute Gasteiger partial charge is 0.241 e. The van der Waals surface area contributed by atoms with Crippen LogP contribution >= 0.6 is 11.3 Å². The molecule has 0 aliphatic heterocycles. The summed E-state index contributed by atoms with van der Waals surface area (Å²) in [5, 5.41) is 0.776. The molecule has 0 unspecified atom stereocenters. The molecular weight excluding hydrogens is 259 g/mol. The molecule has 18 heavy (non-hydrogen) atoms. The van der Waals surface area contributed by atoms with E-state index >= 15 is 0 Å². The van der Waals surface area contributed by atoms with Crippen LogP contribution in [0.4, 0.5) is 13.2 Å². The second-order valence-corrected chi connectivity index (χ2v) is 5.04. The summed E-state index contributed by atoms with van der Waals surface area (Å²) < 4.78 is 37.3. The summed E-state index contributed by atoms with van der Waals surface area (Å²) in [5.74, 6) is 0. The minimum absolute atomic E-state index is 0.629. The van der Waals surface area contributed by atoms with E-state index in [2.05, 4.69) is 4.98 Å². The van der Waals surface area contributed by atoms with Crippen molar-refractivity contribution in [3.63, 3.8) is 0 Å². The zero-order chi connectivity index (χ0) is 13.3. The van der Waals surface area contributed by atoms with Crippen molar-refractivity contribution in [1.82, 2.24) is 4.98 Å². The fraction of sp³-hybridized carbons (Fsp3) is 0.308. The Labute approximate surface area is 107 Å². The molecule has 1 heterocycles. The first-order chi connectivity index (χ1) is 8.41. The molecule has 1 aromatic carbocycles. The molecule has 1 nitrogen and oxygen atoms in total. The number of aryl methyl sites for hydroxylation is 2. The van der Waals surface area contributed by atoms with Crippen LogP contribution in [0, 0.1) is 6.92 Å². The van der Waals surface area contributed by atoms with Gasteiger partial charge in [0.2, 0.25) is 0 Å². The van der Waals surface area contributed by atoms with Crippen molar-refractivity contribution in [1.29, 1.82) is 0 Å². The summed E-state index contributed by atoms with van der Waals surface area (Å²) in [6.07, 6.45) is -3.39. The quantitative estimate of drug-likeness (QED) is 0.771. The zero-order valence-corrected chi connectivity index (χ0v) is 10.8. The lowest BCUT2D eigenvalue weighted by atomic mass is 10.1. The van der Waals surface area contributed by atoms with Crippen LogP contribution in [0.25, 0.3) is 10.6 Å². The molecule has 0 bridgehead atoms. The number of thiazole rings is 1. The molecule has 96 valence electrons. The van der Waals surface area contributed by atoms with E-state index in [4.69, 9.17) is 0 Å². The molecule has 0 N–H and O–H groups in total. The Balaban J connectivity index is 2.34.